The molecule has 0 N–H and O–H groups in total. The van der Waals surface area contributed by atoms with Gasteiger partial charge in [-0.1, -0.05) is 22.9 Å². The molecule has 1 heteroatoms. The topological polar surface area (TPSA) is 0 Å². The maximum atomic E-state index is 3.45. The number of rotatable bonds is 0. The minimum atomic E-state index is 0.863. The summed E-state index contributed by atoms with van der Waals surface area (Å²) in [6.45, 7) is 2.25. The van der Waals surface area contributed by atoms with Gasteiger partial charge in [0.15, 0.2) is 0 Å². The third kappa shape index (κ3) is 0.656. The first-order valence-electron chi connectivity index (χ1n) is 1.95. The summed E-state index contributed by atoms with van der Waals surface area (Å²) in [5.41, 5.74) is 0. The molecule has 0 aliphatic heterocycles. The lowest BCUT2D eigenvalue weighted by Gasteiger charge is -1.64. The molecule has 0 radical (unpaired) electrons. The van der Waals surface area contributed by atoms with Gasteiger partial charge in [-0.05, 0) is 12.3 Å². The molecule has 5 heavy (non-hydrogen) atoms. The van der Waals surface area contributed by atoms with E-state index < -0.39 is 0 Å². The van der Waals surface area contributed by atoms with Crippen LogP contribution in [-0.2, 0) is 0 Å². The van der Waals surface area contributed by atoms with E-state index in [1.54, 1.807) is 0 Å². The lowest BCUT2D eigenvalue weighted by molar-refractivity contribution is 0.991. The van der Waals surface area contributed by atoms with Gasteiger partial charge < -0.3 is 0 Å². The molecule has 0 amide bonds. The Hall–Kier alpha value is 0.480. The summed E-state index contributed by atoms with van der Waals surface area (Å²) >= 11 is 3.45. The predicted molar refractivity (Wildman–Crippen MR) is 26.5 cm³/mol. The van der Waals surface area contributed by atoms with Gasteiger partial charge in [0.1, 0.15) is 0 Å². The zero-order chi connectivity index (χ0) is 3.86. The monoisotopic (exact) mass is 134 g/mol. The molecule has 30 valence electrons. The maximum absolute atomic E-state index is 3.45. The number of alkyl halides is 1. The molecule has 0 heterocycles. The molecule has 0 bridgehead atoms. The molecule has 0 saturated heterocycles. The Morgan fingerprint density at radius 3 is 2.00 bits per heavy atom. The zero-order valence-corrected chi connectivity index (χ0v) is 4.83. The highest BCUT2D eigenvalue weighted by Crippen LogP contribution is 2.36. The van der Waals surface area contributed by atoms with Crippen molar-refractivity contribution in [1.29, 1.82) is 0 Å². The Kier molecular flexibility index (Phi) is 0.710. The van der Waals surface area contributed by atoms with Gasteiger partial charge in [-0.3, -0.25) is 0 Å². The number of hydrogen-bond acceptors (Lipinski definition) is 0. The van der Waals surface area contributed by atoms with Gasteiger partial charge in [-0.25, -0.2) is 0 Å². The SMILES string of the molecule is C[C@@H]1C[C@H]1Br. The minimum Gasteiger partial charge on any atom is -0.0888 e. The average Bonchev–Trinajstić information content (AvgIpc) is 1.79. The van der Waals surface area contributed by atoms with Crippen LogP contribution in [0.1, 0.15) is 13.3 Å². The molecule has 1 aliphatic carbocycles. The quantitative estimate of drug-likeness (QED) is 0.444. The second kappa shape index (κ2) is 0.970. The van der Waals surface area contributed by atoms with E-state index in [0.29, 0.717) is 0 Å². The van der Waals surface area contributed by atoms with E-state index in [4.69, 9.17) is 0 Å². The summed E-state index contributed by atoms with van der Waals surface area (Å²) in [4.78, 5) is 0.863. The Morgan fingerprint density at radius 2 is 2.00 bits per heavy atom. The highest BCUT2D eigenvalue weighted by atomic mass is 79.9. The molecule has 0 aromatic rings. The van der Waals surface area contributed by atoms with Gasteiger partial charge >= 0.3 is 0 Å². The maximum Gasteiger partial charge on any atom is 0.0174 e. The van der Waals surface area contributed by atoms with Crippen LogP contribution in [0.3, 0.4) is 0 Å². The highest BCUT2D eigenvalue weighted by Gasteiger charge is 2.28. The van der Waals surface area contributed by atoms with Gasteiger partial charge in [0, 0.05) is 4.83 Å². The van der Waals surface area contributed by atoms with Gasteiger partial charge in [0.25, 0.3) is 0 Å². The second-order valence-electron chi connectivity index (χ2n) is 1.73. The molecule has 0 spiro atoms. The van der Waals surface area contributed by atoms with Crippen LogP contribution in [0.15, 0.2) is 0 Å². The van der Waals surface area contributed by atoms with Crippen LogP contribution in [0.4, 0.5) is 0 Å². The Labute approximate surface area is 40.7 Å². The fraction of sp³-hybridized carbons (Fsp3) is 1.00. The van der Waals surface area contributed by atoms with Crippen LogP contribution >= 0.6 is 15.9 Å². The van der Waals surface area contributed by atoms with Crippen molar-refractivity contribution in [2.75, 3.05) is 0 Å². The summed E-state index contributed by atoms with van der Waals surface area (Å²) in [6.07, 6.45) is 1.39. The van der Waals surface area contributed by atoms with Crippen LogP contribution in [0.25, 0.3) is 0 Å². The van der Waals surface area contributed by atoms with Crippen molar-refractivity contribution in [2.24, 2.45) is 5.92 Å². The molecule has 2 atom stereocenters. The van der Waals surface area contributed by atoms with Crippen molar-refractivity contribution in [3.63, 3.8) is 0 Å². The molecular weight excluding hydrogens is 128 g/mol. The number of hydrogen-bond donors (Lipinski definition) is 0. The third-order valence-corrected chi connectivity index (χ3v) is 2.29. The number of halogens is 1. The van der Waals surface area contributed by atoms with Gasteiger partial charge in [-0.2, -0.15) is 0 Å². The van der Waals surface area contributed by atoms with Gasteiger partial charge in [0.2, 0.25) is 0 Å². The molecule has 1 saturated carbocycles. The van der Waals surface area contributed by atoms with Crippen LogP contribution in [0.5, 0.6) is 0 Å². The molecule has 0 aromatic carbocycles. The molecule has 0 unspecified atom stereocenters. The average molecular weight is 135 g/mol. The van der Waals surface area contributed by atoms with Crippen molar-refractivity contribution in [3.8, 4) is 0 Å². The van der Waals surface area contributed by atoms with E-state index >= 15 is 0 Å². The van der Waals surface area contributed by atoms with E-state index in [1.807, 2.05) is 0 Å². The summed E-state index contributed by atoms with van der Waals surface area (Å²) in [7, 11) is 0. The van der Waals surface area contributed by atoms with Crippen LogP contribution < -0.4 is 0 Å². The minimum absolute atomic E-state index is 0.863. The van der Waals surface area contributed by atoms with Crippen LogP contribution in [0, 0.1) is 5.92 Å². The van der Waals surface area contributed by atoms with Crippen molar-refractivity contribution >= 4 is 15.9 Å². The van der Waals surface area contributed by atoms with Gasteiger partial charge in [-0.15, -0.1) is 0 Å². The summed E-state index contributed by atoms with van der Waals surface area (Å²) in [6, 6.07) is 0. The molecule has 0 aromatic heterocycles. The lowest BCUT2D eigenvalue weighted by Crippen LogP contribution is -1.59. The van der Waals surface area contributed by atoms with E-state index in [1.165, 1.54) is 6.42 Å². The molecule has 0 nitrogen and oxygen atoms in total. The van der Waals surface area contributed by atoms with Crippen LogP contribution in [-0.4, -0.2) is 4.83 Å². The van der Waals surface area contributed by atoms with Crippen LogP contribution in [0.2, 0.25) is 0 Å². The molecule has 1 aliphatic rings. The summed E-state index contributed by atoms with van der Waals surface area (Å²) < 4.78 is 0. The Bertz CT molecular complexity index is 36.9. The summed E-state index contributed by atoms with van der Waals surface area (Å²) in [5.74, 6) is 0.968. The van der Waals surface area contributed by atoms with E-state index in [0.717, 1.165) is 10.7 Å². The zero-order valence-electron chi connectivity index (χ0n) is 3.24. The first-order chi connectivity index (χ1) is 2.30. The van der Waals surface area contributed by atoms with Crippen molar-refractivity contribution in [3.05, 3.63) is 0 Å². The normalized spacial score (nSPS) is 49.2. The molecule has 1 rings (SSSR count). The molecular formula is C4H7Br. The van der Waals surface area contributed by atoms with E-state index in [9.17, 15) is 0 Å². The fourth-order valence-corrected chi connectivity index (χ4v) is 0.866. The second-order valence-corrected chi connectivity index (χ2v) is 2.91. The van der Waals surface area contributed by atoms with Crippen molar-refractivity contribution in [2.45, 2.75) is 18.2 Å². The van der Waals surface area contributed by atoms with E-state index in [-0.39, 0.29) is 0 Å². The third-order valence-electron chi connectivity index (χ3n) is 1.01. The van der Waals surface area contributed by atoms with Gasteiger partial charge in [0.05, 0.1) is 0 Å². The Morgan fingerprint density at radius 1 is 1.80 bits per heavy atom. The summed E-state index contributed by atoms with van der Waals surface area (Å²) in [5, 5.41) is 0. The first kappa shape index (κ1) is 3.66. The predicted octanol–water partition coefficient (Wildman–Crippen LogP) is 1.79. The largest absolute Gasteiger partial charge is 0.0888 e. The lowest BCUT2D eigenvalue weighted by atomic mass is 10.5. The fourth-order valence-electron chi connectivity index (χ4n) is 0.277. The van der Waals surface area contributed by atoms with Crippen molar-refractivity contribution < 1.29 is 0 Å². The molecule has 1 fully saturated rings. The first-order valence-corrected chi connectivity index (χ1v) is 2.86. The smallest absolute Gasteiger partial charge is 0.0174 e. The Balaban J connectivity index is 2.20. The van der Waals surface area contributed by atoms with Crippen molar-refractivity contribution in [1.82, 2.24) is 0 Å². The standard InChI is InChI=1S/C4H7Br/c1-3-2-4(3)5/h3-4H,2H2,1H3/t3-,4-/m1/s1. The van der Waals surface area contributed by atoms with E-state index in [2.05, 4.69) is 22.9 Å². The highest BCUT2D eigenvalue weighted by molar-refractivity contribution is 9.09.